The fraction of sp³-hybridized carbons (Fsp3) is 0.0769. The highest BCUT2D eigenvalue weighted by atomic mass is 19.1. The monoisotopic (exact) mass is 453 g/mol. The maximum absolute atomic E-state index is 13.7. The lowest BCUT2D eigenvalue weighted by atomic mass is 10.1. The number of para-hydroxylation sites is 1. The summed E-state index contributed by atoms with van der Waals surface area (Å²) in [5.41, 5.74) is 4.54. The number of hydrogen-bond acceptors (Lipinski definition) is 5. The van der Waals surface area contributed by atoms with Gasteiger partial charge in [-0.25, -0.2) is 14.4 Å². The van der Waals surface area contributed by atoms with Crippen LogP contribution >= 0.6 is 0 Å². The molecule has 1 aliphatic rings. The van der Waals surface area contributed by atoms with Crippen LogP contribution in [0.3, 0.4) is 0 Å². The highest BCUT2D eigenvalue weighted by Gasteiger charge is 2.20. The van der Waals surface area contributed by atoms with Crippen LogP contribution in [0.2, 0.25) is 0 Å². The zero-order valence-corrected chi connectivity index (χ0v) is 18.0. The molecule has 5 rings (SSSR count). The Labute approximate surface area is 195 Å². The first kappa shape index (κ1) is 21.3. The summed E-state index contributed by atoms with van der Waals surface area (Å²) in [5, 5.41) is 8.75. The average Bonchev–Trinajstić information content (AvgIpc) is 2.99. The van der Waals surface area contributed by atoms with E-state index in [1.807, 2.05) is 24.3 Å². The van der Waals surface area contributed by atoms with Gasteiger partial charge in [-0.2, -0.15) is 0 Å². The molecule has 0 spiro atoms. The topological polar surface area (TPSA) is 96.0 Å². The van der Waals surface area contributed by atoms with Gasteiger partial charge in [0.15, 0.2) is 0 Å². The summed E-state index contributed by atoms with van der Waals surface area (Å²) in [6.07, 6.45) is 1.85. The summed E-state index contributed by atoms with van der Waals surface area (Å²) in [7, 11) is 0. The van der Waals surface area contributed by atoms with Crippen LogP contribution in [-0.4, -0.2) is 21.8 Å². The smallest absolute Gasteiger partial charge is 0.251 e. The van der Waals surface area contributed by atoms with Crippen molar-refractivity contribution in [2.45, 2.75) is 13.0 Å². The molecule has 0 saturated heterocycles. The molecule has 0 radical (unpaired) electrons. The standard InChI is InChI=1S/C26H20FN5O2/c27-21-7-3-1-5-17(21)14-28-25(34)16-9-11-19(12-10-16)30-26-29-15-18-13-23(33)31-22-8-4-2-6-20(22)24(18)32-26/h1-12,15H,13-14H2,(H,28,34)(H,31,33)(H,29,30,32). The average molecular weight is 453 g/mol. The number of benzene rings is 3. The highest BCUT2D eigenvalue weighted by Crippen LogP contribution is 2.32. The number of nitrogens with one attached hydrogen (secondary N) is 3. The lowest BCUT2D eigenvalue weighted by Crippen LogP contribution is -2.23. The fourth-order valence-corrected chi connectivity index (χ4v) is 3.75. The first-order chi connectivity index (χ1) is 16.6. The van der Waals surface area contributed by atoms with E-state index in [-0.39, 0.29) is 30.6 Å². The number of fused-ring (bicyclic) bond motifs is 3. The zero-order valence-electron chi connectivity index (χ0n) is 18.0. The Morgan fingerprint density at radius 3 is 2.59 bits per heavy atom. The van der Waals surface area contributed by atoms with Crippen molar-refractivity contribution >= 4 is 29.1 Å². The van der Waals surface area contributed by atoms with Gasteiger partial charge in [-0.15, -0.1) is 0 Å². The minimum atomic E-state index is -0.356. The first-order valence-electron chi connectivity index (χ1n) is 10.7. The molecule has 0 saturated carbocycles. The second-order valence-corrected chi connectivity index (χ2v) is 7.81. The predicted octanol–water partition coefficient (Wildman–Crippen LogP) is 4.45. The van der Waals surface area contributed by atoms with E-state index in [2.05, 4.69) is 25.9 Å². The normalized spacial score (nSPS) is 12.1. The molecule has 4 aromatic rings. The SMILES string of the molecule is O=C1Cc2cnc(Nc3ccc(C(=O)NCc4ccccc4F)cc3)nc2-c2ccccc2N1. The summed E-state index contributed by atoms with van der Waals surface area (Å²) in [5.74, 6) is -0.394. The molecular formula is C26H20FN5O2. The number of carbonyl (C=O) groups is 2. The predicted molar refractivity (Wildman–Crippen MR) is 127 cm³/mol. The van der Waals surface area contributed by atoms with Crippen molar-refractivity contribution in [3.8, 4) is 11.3 Å². The Kier molecular flexibility index (Phi) is 5.70. The molecule has 3 N–H and O–H groups in total. The summed E-state index contributed by atoms with van der Waals surface area (Å²) >= 11 is 0. The van der Waals surface area contributed by atoms with Gasteiger partial charge in [0.1, 0.15) is 5.82 Å². The zero-order chi connectivity index (χ0) is 23.5. The Morgan fingerprint density at radius 2 is 1.76 bits per heavy atom. The van der Waals surface area contributed by atoms with Gasteiger partial charge in [0.05, 0.1) is 17.8 Å². The number of rotatable bonds is 5. The van der Waals surface area contributed by atoms with Crippen LogP contribution in [0.15, 0.2) is 79.0 Å². The van der Waals surface area contributed by atoms with Gasteiger partial charge in [0.25, 0.3) is 5.91 Å². The van der Waals surface area contributed by atoms with Crippen molar-refractivity contribution in [2.24, 2.45) is 0 Å². The molecule has 1 aromatic heterocycles. The number of amides is 2. The number of anilines is 3. The number of nitrogens with zero attached hydrogens (tertiary/aromatic N) is 2. The summed E-state index contributed by atoms with van der Waals surface area (Å²) < 4.78 is 13.7. The lowest BCUT2D eigenvalue weighted by molar-refractivity contribution is -0.115. The summed E-state index contributed by atoms with van der Waals surface area (Å²) in [6, 6.07) is 20.6. The van der Waals surface area contributed by atoms with Crippen LogP contribution < -0.4 is 16.0 Å². The number of halogens is 1. The van der Waals surface area contributed by atoms with Gasteiger partial charge in [0.2, 0.25) is 11.9 Å². The molecular weight excluding hydrogens is 433 g/mol. The van der Waals surface area contributed by atoms with Crippen LogP contribution in [0, 0.1) is 5.82 Å². The van der Waals surface area contributed by atoms with Crippen molar-refractivity contribution in [1.82, 2.24) is 15.3 Å². The van der Waals surface area contributed by atoms with E-state index in [1.54, 1.807) is 48.7 Å². The molecule has 0 unspecified atom stereocenters. The summed E-state index contributed by atoms with van der Waals surface area (Å²) in [4.78, 5) is 33.6. The van der Waals surface area contributed by atoms with Crippen molar-refractivity contribution in [3.63, 3.8) is 0 Å². The van der Waals surface area contributed by atoms with E-state index >= 15 is 0 Å². The molecule has 168 valence electrons. The van der Waals surface area contributed by atoms with Gasteiger partial charge >= 0.3 is 0 Å². The molecule has 34 heavy (non-hydrogen) atoms. The molecule has 2 amide bonds. The van der Waals surface area contributed by atoms with E-state index in [0.29, 0.717) is 34.1 Å². The fourth-order valence-electron chi connectivity index (χ4n) is 3.75. The second kappa shape index (κ2) is 9.11. The molecule has 1 aliphatic heterocycles. The van der Waals surface area contributed by atoms with Crippen LogP contribution in [0.1, 0.15) is 21.5 Å². The molecule has 0 atom stereocenters. The largest absolute Gasteiger partial charge is 0.348 e. The van der Waals surface area contributed by atoms with Crippen LogP contribution in [0.25, 0.3) is 11.3 Å². The third kappa shape index (κ3) is 4.47. The maximum atomic E-state index is 13.7. The molecule has 0 fully saturated rings. The van der Waals surface area contributed by atoms with Gasteiger partial charge in [-0.1, -0.05) is 36.4 Å². The molecule has 8 heteroatoms. The van der Waals surface area contributed by atoms with Crippen LogP contribution in [-0.2, 0) is 17.8 Å². The molecule has 0 bridgehead atoms. The quantitative estimate of drug-likeness (QED) is 0.415. The van der Waals surface area contributed by atoms with Crippen molar-refractivity contribution < 1.29 is 14.0 Å². The first-order valence-corrected chi connectivity index (χ1v) is 10.7. The van der Waals surface area contributed by atoms with Crippen molar-refractivity contribution in [2.75, 3.05) is 10.6 Å². The molecule has 0 aliphatic carbocycles. The minimum absolute atomic E-state index is 0.104. The molecule has 7 nitrogen and oxygen atoms in total. The number of hydrogen-bond donors (Lipinski definition) is 3. The molecule has 3 aromatic carbocycles. The number of aromatic nitrogens is 2. The van der Waals surface area contributed by atoms with Crippen LogP contribution in [0.4, 0.5) is 21.7 Å². The maximum Gasteiger partial charge on any atom is 0.251 e. The Hall–Kier alpha value is -4.59. The highest BCUT2D eigenvalue weighted by molar-refractivity contribution is 6.00. The van der Waals surface area contributed by atoms with E-state index in [1.165, 1.54) is 6.07 Å². The van der Waals surface area contributed by atoms with Gasteiger partial charge in [0, 0.05) is 40.7 Å². The Balaban J connectivity index is 1.30. The third-order valence-corrected chi connectivity index (χ3v) is 5.47. The van der Waals surface area contributed by atoms with Crippen LogP contribution in [0.5, 0.6) is 0 Å². The minimum Gasteiger partial charge on any atom is -0.348 e. The van der Waals surface area contributed by atoms with Gasteiger partial charge < -0.3 is 16.0 Å². The Bertz CT molecular complexity index is 1390. The molecule has 2 heterocycles. The second-order valence-electron chi connectivity index (χ2n) is 7.81. The Morgan fingerprint density at radius 1 is 1.00 bits per heavy atom. The van der Waals surface area contributed by atoms with Gasteiger partial charge in [-0.05, 0) is 36.4 Å². The number of carbonyl (C=O) groups excluding carboxylic acids is 2. The van der Waals surface area contributed by atoms with Gasteiger partial charge in [-0.3, -0.25) is 9.59 Å². The summed E-state index contributed by atoms with van der Waals surface area (Å²) in [6.45, 7) is 0.104. The van der Waals surface area contributed by atoms with Crippen molar-refractivity contribution in [3.05, 3.63) is 102 Å². The van der Waals surface area contributed by atoms with E-state index in [0.717, 1.165) is 11.1 Å². The third-order valence-electron chi connectivity index (χ3n) is 5.47. The van der Waals surface area contributed by atoms with Crippen molar-refractivity contribution in [1.29, 1.82) is 0 Å². The van der Waals surface area contributed by atoms with E-state index in [4.69, 9.17) is 0 Å². The van der Waals surface area contributed by atoms with E-state index in [9.17, 15) is 14.0 Å². The van der Waals surface area contributed by atoms with E-state index < -0.39 is 0 Å². The lowest BCUT2D eigenvalue weighted by Gasteiger charge is -2.11.